The minimum Gasteiger partial charge on any atom is -0.311 e. The molecule has 0 spiro atoms. The molecule has 5 heteroatoms. The molecular weight excluding hydrogens is 457 g/mol. The number of rotatable bonds is 6. The molecule has 2 nitrogen and oxygen atoms in total. The van der Waals surface area contributed by atoms with E-state index in [-0.39, 0.29) is 0 Å². The largest absolute Gasteiger partial charge is 0.416 e. The molecule has 5 aromatic carbocycles. The molecule has 0 fully saturated rings. The fraction of sp³-hybridized carbons (Fsp3) is 0.0323. The molecule has 0 saturated carbocycles. The summed E-state index contributed by atoms with van der Waals surface area (Å²) in [7, 11) is 0. The zero-order chi connectivity index (χ0) is 25.0. The predicted molar refractivity (Wildman–Crippen MR) is 141 cm³/mol. The van der Waals surface area contributed by atoms with Crippen molar-refractivity contribution in [2.75, 3.05) is 9.80 Å². The van der Waals surface area contributed by atoms with Gasteiger partial charge in [-0.1, -0.05) is 54.6 Å². The summed E-state index contributed by atoms with van der Waals surface area (Å²) in [5.74, 6) is 0. The first-order chi connectivity index (χ1) is 17.5. The van der Waals surface area contributed by atoms with Crippen LogP contribution >= 0.6 is 0 Å². The van der Waals surface area contributed by atoms with Gasteiger partial charge in [0.05, 0.1) is 5.56 Å². The maximum atomic E-state index is 13.1. The molecule has 0 aliphatic rings. The summed E-state index contributed by atoms with van der Waals surface area (Å²) in [5.41, 5.74) is 4.69. The Balaban J connectivity index is 1.55. The first-order valence-electron chi connectivity index (χ1n) is 11.5. The lowest BCUT2D eigenvalue weighted by atomic mass is 10.1. The van der Waals surface area contributed by atoms with E-state index >= 15 is 0 Å². The zero-order valence-corrected chi connectivity index (χ0v) is 19.3. The molecule has 0 N–H and O–H groups in total. The van der Waals surface area contributed by atoms with Crippen molar-refractivity contribution in [2.45, 2.75) is 6.18 Å². The summed E-state index contributed by atoms with van der Waals surface area (Å²) < 4.78 is 39.4. The van der Waals surface area contributed by atoms with Gasteiger partial charge in [-0.3, -0.25) is 0 Å². The SMILES string of the molecule is FC(F)(F)c1ccc(N(c2ccccc2)c2ccc(N(c3ccccc3)c3ccccc3)cc2)cc1. The minimum absolute atomic E-state index is 0.643. The van der Waals surface area contributed by atoms with E-state index in [2.05, 4.69) is 29.2 Å². The van der Waals surface area contributed by atoms with Gasteiger partial charge >= 0.3 is 6.18 Å². The van der Waals surface area contributed by atoms with Gasteiger partial charge in [0.2, 0.25) is 0 Å². The molecule has 5 rings (SSSR count). The normalized spacial score (nSPS) is 11.2. The fourth-order valence-electron chi connectivity index (χ4n) is 4.18. The maximum Gasteiger partial charge on any atom is 0.416 e. The van der Waals surface area contributed by atoms with Gasteiger partial charge in [-0.2, -0.15) is 13.2 Å². The molecule has 0 aliphatic carbocycles. The molecule has 0 radical (unpaired) electrons. The lowest BCUT2D eigenvalue weighted by molar-refractivity contribution is -0.137. The lowest BCUT2D eigenvalue weighted by Gasteiger charge is -2.28. The summed E-state index contributed by atoms with van der Waals surface area (Å²) in [6, 6.07) is 43.1. The van der Waals surface area contributed by atoms with E-state index in [1.54, 1.807) is 0 Å². The number of nitrogens with zero attached hydrogens (tertiary/aromatic N) is 2. The summed E-state index contributed by atoms with van der Waals surface area (Å²) in [4.78, 5) is 4.11. The van der Waals surface area contributed by atoms with Crippen LogP contribution < -0.4 is 9.80 Å². The van der Waals surface area contributed by atoms with E-state index in [4.69, 9.17) is 0 Å². The predicted octanol–water partition coefficient (Wildman–Crippen LogP) is 9.64. The Hall–Kier alpha value is -4.51. The second-order valence-corrected chi connectivity index (χ2v) is 8.24. The van der Waals surface area contributed by atoms with Crippen molar-refractivity contribution in [1.82, 2.24) is 0 Å². The number of hydrogen-bond acceptors (Lipinski definition) is 2. The summed E-state index contributed by atoms with van der Waals surface area (Å²) in [6.07, 6.45) is -4.38. The van der Waals surface area contributed by atoms with Gasteiger partial charge in [-0.25, -0.2) is 0 Å². The molecule has 178 valence electrons. The van der Waals surface area contributed by atoms with Crippen molar-refractivity contribution >= 4 is 34.1 Å². The molecule has 0 aliphatic heterocycles. The molecule has 5 aromatic rings. The van der Waals surface area contributed by atoms with Crippen molar-refractivity contribution in [3.05, 3.63) is 145 Å². The highest BCUT2D eigenvalue weighted by molar-refractivity contribution is 5.81. The summed E-state index contributed by atoms with van der Waals surface area (Å²) in [5, 5.41) is 0. The third-order valence-corrected chi connectivity index (χ3v) is 5.86. The van der Waals surface area contributed by atoms with Crippen LogP contribution in [0.25, 0.3) is 0 Å². The minimum atomic E-state index is -4.38. The number of benzene rings is 5. The molecule has 0 aromatic heterocycles. The van der Waals surface area contributed by atoms with Gasteiger partial charge in [0, 0.05) is 34.1 Å². The van der Waals surface area contributed by atoms with E-state index < -0.39 is 11.7 Å². The number of hydrogen-bond donors (Lipinski definition) is 0. The molecule has 0 bridgehead atoms. The summed E-state index contributed by atoms with van der Waals surface area (Å²) >= 11 is 0. The van der Waals surface area contributed by atoms with Gasteiger partial charge in [0.15, 0.2) is 0 Å². The second-order valence-electron chi connectivity index (χ2n) is 8.24. The van der Waals surface area contributed by atoms with Gasteiger partial charge < -0.3 is 9.80 Å². The van der Waals surface area contributed by atoms with E-state index in [1.165, 1.54) is 12.1 Å². The molecule has 0 amide bonds. The number of para-hydroxylation sites is 3. The monoisotopic (exact) mass is 480 g/mol. The molecule has 36 heavy (non-hydrogen) atoms. The van der Waals surface area contributed by atoms with Crippen LogP contribution in [0.5, 0.6) is 0 Å². The second kappa shape index (κ2) is 10.0. The quantitative estimate of drug-likeness (QED) is 0.239. The third kappa shape index (κ3) is 4.96. The number of halogens is 3. The number of alkyl halides is 3. The smallest absolute Gasteiger partial charge is 0.311 e. The van der Waals surface area contributed by atoms with Crippen LogP contribution in [0.1, 0.15) is 5.56 Å². The van der Waals surface area contributed by atoms with E-state index in [0.29, 0.717) is 5.69 Å². The average Bonchev–Trinajstić information content (AvgIpc) is 2.92. The maximum absolute atomic E-state index is 13.1. The number of anilines is 6. The van der Waals surface area contributed by atoms with Crippen molar-refractivity contribution in [1.29, 1.82) is 0 Å². The fourth-order valence-corrected chi connectivity index (χ4v) is 4.18. The third-order valence-electron chi connectivity index (χ3n) is 5.86. The average molecular weight is 481 g/mol. The topological polar surface area (TPSA) is 6.48 Å². The highest BCUT2D eigenvalue weighted by Gasteiger charge is 2.30. The van der Waals surface area contributed by atoms with Crippen molar-refractivity contribution in [3.8, 4) is 0 Å². The highest BCUT2D eigenvalue weighted by atomic mass is 19.4. The lowest BCUT2D eigenvalue weighted by Crippen LogP contribution is -2.12. The Bertz CT molecular complexity index is 1340. The van der Waals surface area contributed by atoms with Gasteiger partial charge in [-0.15, -0.1) is 0 Å². The van der Waals surface area contributed by atoms with Crippen molar-refractivity contribution in [3.63, 3.8) is 0 Å². The molecule has 0 unspecified atom stereocenters. The van der Waals surface area contributed by atoms with E-state index in [1.807, 2.05) is 95.9 Å². The molecule has 0 atom stereocenters. The van der Waals surface area contributed by atoms with Gasteiger partial charge in [0.25, 0.3) is 0 Å². The van der Waals surface area contributed by atoms with Crippen LogP contribution in [-0.2, 0) is 6.18 Å². The van der Waals surface area contributed by atoms with Crippen molar-refractivity contribution in [2.24, 2.45) is 0 Å². The Morgan fingerprint density at radius 2 is 0.583 bits per heavy atom. The van der Waals surface area contributed by atoms with Crippen LogP contribution in [0, 0.1) is 0 Å². The van der Waals surface area contributed by atoms with E-state index in [9.17, 15) is 13.2 Å². The highest BCUT2D eigenvalue weighted by Crippen LogP contribution is 2.39. The molecule has 0 heterocycles. The molecular formula is C31H23F3N2. The van der Waals surface area contributed by atoms with E-state index in [0.717, 1.165) is 40.6 Å². The standard InChI is InChI=1S/C31H23F3N2/c32-31(33,34)24-16-18-28(19-17-24)36(27-14-8-3-9-15-27)30-22-20-29(21-23-30)35(25-10-4-1-5-11-25)26-12-6-2-7-13-26/h1-23H. The Morgan fingerprint density at radius 1 is 0.333 bits per heavy atom. The van der Waals surface area contributed by atoms with Crippen LogP contribution in [0.4, 0.5) is 47.3 Å². The van der Waals surface area contributed by atoms with Crippen LogP contribution in [-0.4, -0.2) is 0 Å². The van der Waals surface area contributed by atoms with Crippen LogP contribution in [0.3, 0.4) is 0 Å². The van der Waals surface area contributed by atoms with Crippen LogP contribution in [0.15, 0.2) is 140 Å². The van der Waals surface area contributed by atoms with Crippen LogP contribution in [0.2, 0.25) is 0 Å². The van der Waals surface area contributed by atoms with Gasteiger partial charge in [-0.05, 0) is 84.9 Å². The zero-order valence-electron chi connectivity index (χ0n) is 19.3. The first-order valence-corrected chi connectivity index (χ1v) is 11.5. The Kier molecular flexibility index (Phi) is 6.46. The molecule has 0 saturated heterocycles. The summed E-state index contributed by atoms with van der Waals surface area (Å²) in [6.45, 7) is 0. The van der Waals surface area contributed by atoms with Gasteiger partial charge in [0.1, 0.15) is 0 Å². The Morgan fingerprint density at radius 3 is 0.861 bits per heavy atom. The van der Waals surface area contributed by atoms with Crippen molar-refractivity contribution < 1.29 is 13.2 Å². The Labute approximate surface area is 208 Å². The first kappa shape index (κ1) is 23.2.